The van der Waals surface area contributed by atoms with Crippen LogP contribution in [0.1, 0.15) is 19.8 Å². The molecule has 6 heteroatoms. The van der Waals surface area contributed by atoms with E-state index in [0.717, 1.165) is 25.1 Å². The van der Waals surface area contributed by atoms with Crippen LogP contribution < -0.4 is 5.32 Å². The Balaban J connectivity index is 1.92. The summed E-state index contributed by atoms with van der Waals surface area (Å²) in [5, 5.41) is 14.1. The molecule has 2 rings (SSSR count). The molecule has 0 spiro atoms. The molecule has 98 valence electrons. The topological polar surface area (TPSA) is 64.4 Å². The van der Waals surface area contributed by atoms with Crippen LogP contribution in [0.15, 0.2) is 18.2 Å². The highest BCUT2D eigenvalue weighted by molar-refractivity contribution is 14.1. The van der Waals surface area contributed by atoms with Crippen molar-refractivity contribution in [3.05, 3.63) is 31.9 Å². The van der Waals surface area contributed by atoms with Gasteiger partial charge in [0.15, 0.2) is 0 Å². The van der Waals surface area contributed by atoms with Crippen molar-refractivity contribution < 1.29 is 9.66 Å². The van der Waals surface area contributed by atoms with E-state index in [9.17, 15) is 10.1 Å². The maximum Gasteiger partial charge on any atom is 0.282 e. The highest BCUT2D eigenvalue weighted by Gasteiger charge is 2.29. The Bertz CT molecular complexity index is 447. The number of nitro groups is 1. The molecule has 1 saturated carbocycles. The second-order valence-corrected chi connectivity index (χ2v) is 5.48. The van der Waals surface area contributed by atoms with Crippen LogP contribution in [-0.2, 0) is 4.74 Å². The molecule has 0 aliphatic heterocycles. The van der Waals surface area contributed by atoms with Crippen molar-refractivity contribution in [3.63, 3.8) is 0 Å². The van der Waals surface area contributed by atoms with E-state index in [-0.39, 0.29) is 10.6 Å². The first-order valence-corrected chi connectivity index (χ1v) is 7.00. The Morgan fingerprint density at radius 1 is 1.56 bits per heavy atom. The SMILES string of the molecule is CCOC1CC(Nc2ccc([N+](=O)[O-])c(I)c2)C1. The molecular formula is C12H15IN2O3. The van der Waals surface area contributed by atoms with Crippen molar-refractivity contribution in [1.82, 2.24) is 0 Å². The van der Waals surface area contributed by atoms with Gasteiger partial charge in [0.2, 0.25) is 0 Å². The number of nitro benzene ring substituents is 1. The number of benzene rings is 1. The fraction of sp³-hybridized carbons (Fsp3) is 0.500. The van der Waals surface area contributed by atoms with Gasteiger partial charge in [-0.3, -0.25) is 10.1 Å². The van der Waals surface area contributed by atoms with Gasteiger partial charge in [0.1, 0.15) is 0 Å². The minimum atomic E-state index is -0.361. The molecule has 0 heterocycles. The van der Waals surface area contributed by atoms with Crippen molar-refractivity contribution in [2.75, 3.05) is 11.9 Å². The fourth-order valence-corrected chi connectivity index (χ4v) is 2.75. The van der Waals surface area contributed by atoms with Crippen molar-refractivity contribution >= 4 is 34.0 Å². The summed E-state index contributed by atoms with van der Waals surface area (Å²) in [5.41, 5.74) is 1.09. The summed E-state index contributed by atoms with van der Waals surface area (Å²) in [5.74, 6) is 0. The molecule has 1 N–H and O–H groups in total. The summed E-state index contributed by atoms with van der Waals surface area (Å²) in [6, 6.07) is 5.53. The minimum Gasteiger partial charge on any atom is -0.382 e. The highest BCUT2D eigenvalue weighted by Crippen LogP contribution is 2.29. The van der Waals surface area contributed by atoms with Crippen LogP contribution in [0.25, 0.3) is 0 Å². The van der Waals surface area contributed by atoms with E-state index in [4.69, 9.17) is 4.74 Å². The molecule has 0 aromatic heterocycles. The molecule has 1 aromatic rings. The summed E-state index contributed by atoms with van der Waals surface area (Å²) >= 11 is 1.99. The third-order valence-corrected chi connectivity index (χ3v) is 3.88. The van der Waals surface area contributed by atoms with E-state index in [0.29, 0.717) is 15.7 Å². The molecule has 1 aliphatic rings. The van der Waals surface area contributed by atoms with Crippen LogP contribution in [0.5, 0.6) is 0 Å². The number of rotatable bonds is 5. The minimum absolute atomic E-state index is 0.155. The second kappa shape index (κ2) is 5.83. The Labute approximate surface area is 119 Å². The molecule has 0 radical (unpaired) electrons. The van der Waals surface area contributed by atoms with Gasteiger partial charge in [-0.1, -0.05) is 0 Å². The predicted molar refractivity (Wildman–Crippen MR) is 77.9 cm³/mol. The second-order valence-electron chi connectivity index (χ2n) is 4.31. The Morgan fingerprint density at radius 3 is 2.83 bits per heavy atom. The molecule has 0 unspecified atom stereocenters. The molecule has 1 aliphatic carbocycles. The number of nitrogens with zero attached hydrogens (tertiary/aromatic N) is 1. The lowest BCUT2D eigenvalue weighted by Crippen LogP contribution is -2.40. The van der Waals surface area contributed by atoms with Gasteiger partial charge in [-0.15, -0.1) is 0 Å². The predicted octanol–water partition coefficient (Wildman–Crippen LogP) is 3.18. The summed E-state index contributed by atoms with van der Waals surface area (Å²) < 4.78 is 6.15. The first kappa shape index (κ1) is 13.5. The van der Waals surface area contributed by atoms with Gasteiger partial charge >= 0.3 is 0 Å². The third kappa shape index (κ3) is 3.11. The molecule has 0 saturated heterocycles. The van der Waals surface area contributed by atoms with Crippen molar-refractivity contribution in [2.24, 2.45) is 0 Å². The Kier molecular flexibility index (Phi) is 4.39. The summed E-state index contributed by atoms with van der Waals surface area (Å²) in [6.45, 7) is 2.76. The number of hydrogen-bond donors (Lipinski definition) is 1. The Morgan fingerprint density at radius 2 is 2.28 bits per heavy atom. The van der Waals surface area contributed by atoms with Gasteiger partial charge in [-0.05, 0) is 54.5 Å². The quantitative estimate of drug-likeness (QED) is 0.497. The number of anilines is 1. The third-order valence-electron chi connectivity index (χ3n) is 3.01. The lowest BCUT2D eigenvalue weighted by atomic mass is 9.89. The maximum atomic E-state index is 10.7. The van der Waals surface area contributed by atoms with E-state index in [1.165, 1.54) is 0 Å². The van der Waals surface area contributed by atoms with Crippen LogP contribution in [0.2, 0.25) is 0 Å². The molecule has 1 aromatic carbocycles. The average Bonchev–Trinajstić information content (AvgIpc) is 2.26. The highest BCUT2D eigenvalue weighted by atomic mass is 127. The summed E-state index contributed by atoms with van der Waals surface area (Å²) in [6.07, 6.45) is 2.37. The molecule has 18 heavy (non-hydrogen) atoms. The van der Waals surface area contributed by atoms with Crippen molar-refractivity contribution in [1.29, 1.82) is 0 Å². The summed E-state index contributed by atoms with van der Waals surface area (Å²) in [7, 11) is 0. The van der Waals surface area contributed by atoms with Gasteiger partial charge < -0.3 is 10.1 Å². The first-order valence-electron chi connectivity index (χ1n) is 5.92. The van der Waals surface area contributed by atoms with E-state index in [1.54, 1.807) is 12.1 Å². The lowest BCUT2D eigenvalue weighted by Gasteiger charge is -2.36. The Hall–Kier alpha value is -0.890. The van der Waals surface area contributed by atoms with Crippen molar-refractivity contribution in [3.8, 4) is 0 Å². The van der Waals surface area contributed by atoms with Gasteiger partial charge in [0.25, 0.3) is 5.69 Å². The van der Waals surface area contributed by atoms with Gasteiger partial charge in [0.05, 0.1) is 14.6 Å². The van der Waals surface area contributed by atoms with E-state index in [2.05, 4.69) is 5.32 Å². The van der Waals surface area contributed by atoms with Crippen LogP contribution in [0, 0.1) is 13.7 Å². The monoisotopic (exact) mass is 362 g/mol. The van der Waals surface area contributed by atoms with Crippen LogP contribution in [0.3, 0.4) is 0 Å². The molecule has 1 fully saturated rings. The fourth-order valence-electron chi connectivity index (χ4n) is 2.04. The maximum absolute atomic E-state index is 10.7. The number of nitrogens with one attached hydrogen (secondary N) is 1. The van der Waals surface area contributed by atoms with Crippen LogP contribution in [-0.4, -0.2) is 23.7 Å². The smallest absolute Gasteiger partial charge is 0.282 e. The van der Waals surface area contributed by atoms with Gasteiger partial charge in [-0.2, -0.15) is 0 Å². The standard InChI is InChI=1S/C12H15IN2O3/c1-2-18-10-5-9(6-10)14-8-3-4-12(15(16)17)11(13)7-8/h3-4,7,9-10,14H,2,5-6H2,1H3. The molecule has 0 amide bonds. The number of hydrogen-bond acceptors (Lipinski definition) is 4. The van der Waals surface area contributed by atoms with Gasteiger partial charge in [0, 0.05) is 24.4 Å². The number of halogens is 1. The molecule has 5 nitrogen and oxygen atoms in total. The zero-order valence-corrected chi connectivity index (χ0v) is 12.2. The normalized spacial score (nSPS) is 22.3. The molecule has 0 atom stereocenters. The lowest BCUT2D eigenvalue weighted by molar-refractivity contribution is -0.385. The van der Waals surface area contributed by atoms with Gasteiger partial charge in [-0.25, -0.2) is 0 Å². The number of ether oxygens (including phenoxy) is 1. The molecule has 0 bridgehead atoms. The van der Waals surface area contributed by atoms with Crippen LogP contribution in [0.4, 0.5) is 11.4 Å². The zero-order valence-electron chi connectivity index (χ0n) is 10.1. The molecular weight excluding hydrogens is 347 g/mol. The van der Waals surface area contributed by atoms with E-state index >= 15 is 0 Å². The zero-order chi connectivity index (χ0) is 13.1. The first-order chi connectivity index (χ1) is 8.60. The average molecular weight is 362 g/mol. The summed E-state index contributed by atoms with van der Waals surface area (Å²) in [4.78, 5) is 10.3. The van der Waals surface area contributed by atoms with Crippen LogP contribution >= 0.6 is 22.6 Å². The van der Waals surface area contributed by atoms with E-state index in [1.807, 2.05) is 35.6 Å². The largest absolute Gasteiger partial charge is 0.382 e. The van der Waals surface area contributed by atoms with Crippen molar-refractivity contribution in [2.45, 2.75) is 31.9 Å². The van der Waals surface area contributed by atoms with E-state index < -0.39 is 0 Å².